The van der Waals surface area contributed by atoms with Crippen LogP contribution in [-0.4, -0.2) is 23.8 Å². The van der Waals surface area contributed by atoms with Gasteiger partial charge in [0.2, 0.25) is 0 Å². The first-order valence-electron chi connectivity index (χ1n) is 5.94. The minimum Gasteiger partial charge on any atom is -0.488 e. The normalized spacial score (nSPS) is 17.5. The molecule has 2 rings (SSSR count). The maximum atomic E-state index is 5.81. The first kappa shape index (κ1) is 12.2. The maximum absolute atomic E-state index is 5.81. The van der Waals surface area contributed by atoms with Gasteiger partial charge in [-0.25, -0.2) is 0 Å². The third-order valence-corrected chi connectivity index (χ3v) is 2.89. The lowest BCUT2D eigenvalue weighted by Gasteiger charge is -2.16. The number of nitrogens with one attached hydrogen (secondary N) is 2. The Labute approximate surface area is 108 Å². The SMILES string of the molecule is CC(C)NC(=S)NCC1Cc2ccccc2O1. The van der Waals surface area contributed by atoms with Crippen LogP contribution >= 0.6 is 12.2 Å². The molecular weight excluding hydrogens is 232 g/mol. The Bertz CT molecular complexity index is 381. The fraction of sp³-hybridized carbons (Fsp3) is 0.462. The van der Waals surface area contributed by atoms with Crippen LogP contribution in [0, 0.1) is 0 Å². The van der Waals surface area contributed by atoms with Crippen LogP contribution in [0.25, 0.3) is 0 Å². The third-order valence-electron chi connectivity index (χ3n) is 2.62. The van der Waals surface area contributed by atoms with E-state index in [2.05, 4.69) is 30.5 Å². The molecule has 17 heavy (non-hydrogen) atoms. The Morgan fingerprint density at radius 1 is 1.47 bits per heavy atom. The Balaban J connectivity index is 1.78. The van der Waals surface area contributed by atoms with Gasteiger partial charge in [0.15, 0.2) is 5.11 Å². The molecule has 0 aliphatic carbocycles. The van der Waals surface area contributed by atoms with Crippen molar-refractivity contribution in [2.45, 2.75) is 32.4 Å². The smallest absolute Gasteiger partial charge is 0.166 e. The molecule has 4 heteroatoms. The fourth-order valence-corrected chi connectivity index (χ4v) is 2.21. The van der Waals surface area contributed by atoms with E-state index in [0.717, 1.165) is 18.7 Å². The molecule has 2 N–H and O–H groups in total. The molecule has 0 bridgehead atoms. The number of thiocarbonyl (C=S) groups is 1. The topological polar surface area (TPSA) is 33.3 Å². The van der Waals surface area contributed by atoms with Crippen LogP contribution < -0.4 is 15.4 Å². The molecule has 0 aromatic heterocycles. The lowest BCUT2D eigenvalue weighted by Crippen LogP contribution is -2.43. The van der Waals surface area contributed by atoms with Gasteiger partial charge in [-0.05, 0) is 37.7 Å². The molecule has 0 amide bonds. The van der Waals surface area contributed by atoms with Crippen molar-refractivity contribution in [3.8, 4) is 5.75 Å². The van der Waals surface area contributed by atoms with Gasteiger partial charge < -0.3 is 15.4 Å². The van der Waals surface area contributed by atoms with Crippen LogP contribution in [0.15, 0.2) is 24.3 Å². The summed E-state index contributed by atoms with van der Waals surface area (Å²) in [6.45, 7) is 4.87. The molecule has 1 aliphatic heterocycles. The Morgan fingerprint density at radius 2 is 2.24 bits per heavy atom. The Kier molecular flexibility index (Phi) is 3.84. The Hall–Kier alpha value is -1.29. The zero-order chi connectivity index (χ0) is 12.3. The standard InChI is InChI=1S/C13H18N2OS/c1-9(2)15-13(17)14-8-11-7-10-5-3-4-6-12(10)16-11/h3-6,9,11H,7-8H2,1-2H3,(H2,14,15,17). The van der Waals surface area contributed by atoms with Gasteiger partial charge in [-0.1, -0.05) is 18.2 Å². The van der Waals surface area contributed by atoms with Crippen LogP contribution in [0.5, 0.6) is 5.75 Å². The second-order valence-electron chi connectivity index (χ2n) is 4.56. The number of hydrogen-bond donors (Lipinski definition) is 2. The van der Waals surface area contributed by atoms with Crippen LogP contribution in [0.2, 0.25) is 0 Å². The molecule has 0 saturated carbocycles. The average molecular weight is 250 g/mol. The van der Waals surface area contributed by atoms with Gasteiger partial charge in [0.1, 0.15) is 11.9 Å². The zero-order valence-corrected chi connectivity index (χ0v) is 11.0. The highest BCUT2D eigenvalue weighted by Crippen LogP contribution is 2.27. The summed E-state index contributed by atoms with van der Waals surface area (Å²) in [5.41, 5.74) is 1.28. The van der Waals surface area contributed by atoms with Gasteiger partial charge >= 0.3 is 0 Å². The minimum absolute atomic E-state index is 0.180. The van der Waals surface area contributed by atoms with Crippen molar-refractivity contribution in [3.05, 3.63) is 29.8 Å². The molecule has 0 fully saturated rings. The summed E-state index contributed by atoms with van der Waals surface area (Å²) >= 11 is 5.17. The van der Waals surface area contributed by atoms with Gasteiger partial charge in [0.05, 0.1) is 6.54 Å². The molecule has 0 radical (unpaired) electrons. The fourth-order valence-electron chi connectivity index (χ4n) is 1.89. The van der Waals surface area contributed by atoms with Gasteiger partial charge in [-0.2, -0.15) is 0 Å². The van der Waals surface area contributed by atoms with E-state index in [1.807, 2.05) is 18.2 Å². The first-order valence-corrected chi connectivity index (χ1v) is 6.35. The van der Waals surface area contributed by atoms with Crippen molar-refractivity contribution in [1.82, 2.24) is 10.6 Å². The second-order valence-corrected chi connectivity index (χ2v) is 4.97. The van der Waals surface area contributed by atoms with Crippen LogP contribution in [0.1, 0.15) is 19.4 Å². The molecule has 1 heterocycles. The summed E-state index contributed by atoms with van der Waals surface area (Å²) < 4.78 is 5.81. The summed E-state index contributed by atoms with van der Waals surface area (Å²) in [4.78, 5) is 0. The van der Waals surface area contributed by atoms with Crippen LogP contribution in [0.3, 0.4) is 0 Å². The molecule has 1 aromatic carbocycles. The number of para-hydroxylation sites is 1. The van der Waals surface area contributed by atoms with Crippen molar-refractivity contribution in [3.63, 3.8) is 0 Å². The van der Waals surface area contributed by atoms with Gasteiger partial charge in [-0.3, -0.25) is 0 Å². The number of rotatable bonds is 3. The zero-order valence-electron chi connectivity index (χ0n) is 10.2. The van der Waals surface area contributed by atoms with E-state index in [4.69, 9.17) is 17.0 Å². The van der Waals surface area contributed by atoms with Gasteiger partial charge in [-0.15, -0.1) is 0 Å². The number of ether oxygens (including phenoxy) is 1. The second kappa shape index (κ2) is 5.36. The van der Waals surface area contributed by atoms with Gasteiger partial charge in [0.25, 0.3) is 0 Å². The van der Waals surface area contributed by atoms with E-state index in [1.54, 1.807) is 0 Å². The number of fused-ring (bicyclic) bond motifs is 1. The predicted molar refractivity (Wildman–Crippen MR) is 73.4 cm³/mol. The third kappa shape index (κ3) is 3.33. The van der Waals surface area contributed by atoms with Gasteiger partial charge in [0, 0.05) is 12.5 Å². The summed E-state index contributed by atoms with van der Waals surface area (Å²) in [6, 6.07) is 8.53. The molecule has 0 spiro atoms. The average Bonchev–Trinajstić information content (AvgIpc) is 2.68. The lowest BCUT2D eigenvalue weighted by molar-refractivity contribution is 0.235. The predicted octanol–water partition coefficient (Wildman–Crippen LogP) is 1.86. The monoisotopic (exact) mass is 250 g/mol. The highest BCUT2D eigenvalue weighted by Gasteiger charge is 2.21. The molecule has 3 nitrogen and oxygen atoms in total. The van der Waals surface area contributed by atoms with E-state index in [9.17, 15) is 0 Å². The van der Waals surface area contributed by atoms with Crippen LogP contribution in [0.4, 0.5) is 0 Å². The van der Waals surface area contributed by atoms with E-state index >= 15 is 0 Å². The summed E-state index contributed by atoms with van der Waals surface area (Å²) in [7, 11) is 0. The van der Waals surface area contributed by atoms with Crippen molar-refractivity contribution >= 4 is 17.3 Å². The first-order chi connectivity index (χ1) is 8.15. The summed E-state index contributed by atoms with van der Waals surface area (Å²) in [5.74, 6) is 1.00. The molecule has 1 aromatic rings. The highest BCUT2D eigenvalue weighted by molar-refractivity contribution is 7.80. The lowest BCUT2D eigenvalue weighted by atomic mass is 10.1. The van der Waals surface area contributed by atoms with Crippen molar-refractivity contribution < 1.29 is 4.74 Å². The van der Waals surface area contributed by atoms with E-state index in [1.165, 1.54) is 5.56 Å². The number of benzene rings is 1. The largest absolute Gasteiger partial charge is 0.488 e. The Morgan fingerprint density at radius 3 is 2.94 bits per heavy atom. The highest BCUT2D eigenvalue weighted by atomic mass is 32.1. The minimum atomic E-state index is 0.180. The summed E-state index contributed by atoms with van der Waals surface area (Å²) in [6.07, 6.45) is 1.13. The molecule has 1 aliphatic rings. The van der Waals surface area contributed by atoms with Crippen LogP contribution in [-0.2, 0) is 6.42 Å². The van der Waals surface area contributed by atoms with Crippen molar-refractivity contribution in [2.24, 2.45) is 0 Å². The van der Waals surface area contributed by atoms with E-state index in [0.29, 0.717) is 11.2 Å². The van der Waals surface area contributed by atoms with E-state index in [-0.39, 0.29) is 6.10 Å². The van der Waals surface area contributed by atoms with Crippen molar-refractivity contribution in [1.29, 1.82) is 0 Å². The molecule has 1 unspecified atom stereocenters. The molecule has 92 valence electrons. The van der Waals surface area contributed by atoms with E-state index < -0.39 is 0 Å². The maximum Gasteiger partial charge on any atom is 0.166 e. The quantitative estimate of drug-likeness (QED) is 0.802. The molecular formula is C13H18N2OS. The number of hydrogen-bond acceptors (Lipinski definition) is 2. The summed E-state index contributed by atoms with van der Waals surface area (Å²) in [5, 5.41) is 7.03. The molecule has 1 atom stereocenters. The van der Waals surface area contributed by atoms with Crippen molar-refractivity contribution in [2.75, 3.05) is 6.54 Å². The molecule has 0 saturated heterocycles.